The number of nitrogens with zero attached hydrogens (tertiary/aromatic N) is 3. The molecule has 3 rings (SSSR count). The van der Waals surface area contributed by atoms with Crippen LogP contribution in [-0.4, -0.2) is 32.3 Å². The van der Waals surface area contributed by atoms with Gasteiger partial charge < -0.3 is 5.11 Å². The van der Waals surface area contributed by atoms with Gasteiger partial charge in [-0.2, -0.15) is 13.2 Å². The number of hydrogen-bond acceptors (Lipinski definition) is 3. The molecule has 2 aromatic carbocycles. The monoisotopic (exact) mass is 420 g/mol. The third kappa shape index (κ3) is 3.97. The first-order valence-electron chi connectivity index (χ1n) is 8.68. The summed E-state index contributed by atoms with van der Waals surface area (Å²) in [5.74, 6) is -1.74. The van der Waals surface area contributed by atoms with Crippen LogP contribution >= 0.6 is 0 Å². The summed E-state index contributed by atoms with van der Waals surface area (Å²) in [4.78, 5) is 19.9. The highest BCUT2D eigenvalue weighted by Crippen LogP contribution is 2.34. The van der Waals surface area contributed by atoms with Gasteiger partial charge in [-0.1, -0.05) is 0 Å². The van der Waals surface area contributed by atoms with Gasteiger partial charge in [0.15, 0.2) is 11.3 Å². The van der Waals surface area contributed by atoms with Crippen LogP contribution in [0.2, 0.25) is 0 Å². The van der Waals surface area contributed by atoms with Crippen molar-refractivity contribution in [3.63, 3.8) is 0 Å². The van der Waals surface area contributed by atoms with Gasteiger partial charge in [0.1, 0.15) is 5.82 Å². The molecule has 0 saturated carbocycles. The number of anilines is 1. The summed E-state index contributed by atoms with van der Waals surface area (Å²) < 4.78 is 53.4. The Morgan fingerprint density at radius 1 is 1.27 bits per heavy atom. The van der Waals surface area contributed by atoms with Crippen molar-refractivity contribution >= 4 is 28.6 Å². The third-order valence-electron chi connectivity index (χ3n) is 4.54. The summed E-state index contributed by atoms with van der Waals surface area (Å²) in [6, 6.07) is 8.26. The van der Waals surface area contributed by atoms with Crippen molar-refractivity contribution in [1.82, 2.24) is 9.55 Å². The fourth-order valence-electron chi connectivity index (χ4n) is 2.85. The zero-order chi connectivity index (χ0) is 22.3. The summed E-state index contributed by atoms with van der Waals surface area (Å²) in [7, 11) is 0. The van der Waals surface area contributed by atoms with Gasteiger partial charge in [0.05, 0.1) is 24.0 Å². The number of carbonyl (C=O) groups is 1. The topological polar surface area (TPSA) is 71.5 Å². The smallest absolute Gasteiger partial charge is 0.380 e. The maximum atomic E-state index is 13.4. The predicted octanol–water partition coefficient (Wildman–Crippen LogP) is 4.67. The van der Waals surface area contributed by atoms with E-state index >= 15 is 0 Å². The lowest BCUT2D eigenvalue weighted by molar-refractivity contribution is -0.252. The summed E-state index contributed by atoms with van der Waals surface area (Å²) in [5, 5.41) is 11.9. The van der Waals surface area contributed by atoms with Crippen LogP contribution in [0.15, 0.2) is 36.4 Å². The molecule has 30 heavy (non-hydrogen) atoms. The summed E-state index contributed by atoms with van der Waals surface area (Å²) in [6.07, 6.45) is -6.24. The van der Waals surface area contributed by atoms with Crippen molar-refractivity contribution in [3.05, 3.63) is 59.2 Å². The number of nitrogens with one attached hydrogen (secondary N) is 1. The highest BCUT2D eigenvalue weighted by Gasteiger charge is 2.51. The molecular formula is C20H16F4N4O2. The van der Waals surface area contributed by atoms with Crippen LogP contribution in [0, 0.1) is 19.3 Å². The third-order valence-corrected chi connectivity index (χ3v) is 4.54. The van der Waals surface area contributed by atoms with Crippen LogP contribution in [0.4, 0.5) is 29.2 Å². The number of imidazole rings is 1. The maximum absolute atomic E-state index is 13.4. The van der Waals surface area contributed by atoms with Gasteiger partial charge >= 0.3 is 6.18 Å². The zero-order valence-electron chi connectivity index (χ0n) is 15.9. The Hall–Kier alpha value is -3.45. The molecule has 0 bridgehead atoms. The molecule has 156 valence electrons. The minimum absolute atomic E-state index is 0.124. The average molecular weight is 420 g/mol. The molecule has 1 heterocycles. The molecule has 0 saturated heterocycles. The van der Waals surface area contributed by atoms with E-state index in [-0.39, 0.29) is 5.95 Å². The van der Waals surface area contributed by atoms with E-state index in [2.05, 4.69) is 15.1 Å². The lowest BCUT2D eigenvalue weighted by atomic mass is 10.0. The Morgan fingerprint density at radius 3 is 2.47 bits per heavy atom. The average Bonchev–Trinajstić information content (AvgIpc) is 2.96. The number of amides is 1. The Balaban J connectivity index is 2.10. The molecular weight excluding hydrogens is 404 g/mol. The van der Waals surface area contributed by atoms with Crippen molar-refractivity contribution in [1.29, 1.82) is 0 Å². The molecule has 0 fully saturated rings. The minimum Gasteiger partial charge on any atom is -0.380 e. The molecule has 0 aliphatic rings. The molecule has 3 aromatic rings. The van der Waals surface area contributed by atoms with Crippen LogP contribution in [0.25, 0.3) is 21.6 Å². The van der Waals surface area contributed by atoms with Crippen LogP contribution in [-0.2, 0) is 4.79 Å². The number of alkyl halides is 3. The maximum Gasteiger partial charge on any atom is 0.417 e. The lowest BCUT2D eigenvalue weighted by Crippen LogP contribution is -2.45. The number of halogens is 4. The number of aliphatic hydroxyl groups is 1. The molecule has 1 unspecified atom stereocenters. The van der Waals surface area contributed by atoms with E-state index < -0.39 is 29.9 Å². The predicted molar refractivity (Wildman–Crippen MR) is 102 cm³/mol. The van der Waals surface area contributed by atoms with Crippen molar-refractivity contribution < 1.29 is 27.5 Å². The lowest BCUT2D eigenvalue weighted by Gasteiger charge is -2.25. The van der Waals surface area contributed by atoms with Crippen molar-refractivity contribution in [3.8, 4) is 5.69 Å². The largest absolute Gasteiger partial charge is 0.417 e. The van der Waals surface area contributed by atoms with Gasteiger partial charge in [0.2, 0.25) is 11.9 Å². The van der Waals surface area contributed by atoms with Crippen LogP contribution in [0.3, 0.4) is 0 Å². The van der Waals surface area contributed by atoms with Crippen molar-refractivity contribution in [2.75, 3.05) is 5.32 Å². The highest BCUT2D eigenvalue weighted by molar-refractivity contribution is 5.94. The number of aryl methyl sites for hydroxylation is 1. The van der Waals surface area contributed by atoms with Gasteiger partial charge in [-0.3, -0.25) is 14.7 Å². The van der Waals surface area contributed by atoms with Gasteiger partial charge in [-0.15, -0.1) is 0 Å². The molecule has 2 N–H and O–H groups in total. The first kappa shape index (κ1) is 21.3. The van der Waals surface area contributed by atoms with Gasteiger partial charge in [0.25, 0.3) is 0 Å². The van der Waals surface area contributed by atoms with Crippen LogP contribution in [0.1, 0.15) is 18.9 Å². The zero-order valence-corrected chi connectivity index (χ0v) is 15.9. The Labute approximate surface area is 168 Å². The standard InChI is InChI=1S/C20H16F4N4O2/c1-11-8-15-16(9-14(11)25-3)28(13-6-4-12(21)5-7-13)18(26-15)27-17(29)10-19(2,30)20(22,23)24/h4-9,30H,10H2,1-2H3,(H,26,27,29). The molecule has 0 radical (unpaired) electrons. The first-order valence-corrected chi connectivity index (χ1v) is 8.68. The van der Waals surface area contributed by atoms with Gasteiger partial charge in [0, 0.05) is 5.69 Å². The van der Waals surface area contributed by atoms with E-state index in [1.165, 1.54) is 34.9 Å². The number of benzene rings is 2. The number of carbonyl (C=O) groups excluding carboxylic acids is 1. The number of hydrogen-bond donors (Lipinski definition) is 2. The van der Waals surface area contributed by atoms with E-state index in [1.807, 2.05) is 0 Å². The van der Waals surface area contributed by atoms with Crippen LogP contribution in [0.5, 0.6) is 0 Å². The van der Waals surface area contributed by atoms with E-state index in [4.69, 9.17) is 6.57 Å². The van der Waals surface area contributed by atoms with E-state index in [0.29, 0.717) is 34.9 Å². The first-order chi connectivity index (χ1) is 13.9. The van der Waals surface area contributed by atoms with Crippen molar-refractivity contribution in [2.45, 2.75) is 32.0 Å². The number of aromatic nitrogens is 2. The van der Waals surface area contributed by atoms with Gasteiger partial charge in [-0.05, 0) is 55.8 Å². The van der Waals surface area contributed by atoms with E-state index in [9.17, 15) is 27.5 Å². The fourth-order valence-corrected chi connectivity index (χ4v) is 2.85. The number of rotatable bonds is 4. The summed E-state index contributed by atoms with van der Waals surface area (Å²) in [5.41, 5.74) is -1.13. The number of fused-ring (bicyclic) bond motifs is 1. The molecule has 1 atom stereocenters. The highest BCUT2D eigenvalue weighted by atomic mass is 19.4. The second-order valence-corrected chi connectivity index (χ2v) is 6.98. The second kappa shape index (κ2) is 7.42. The quantitative estimate of drug-likeness (QED) is 0.476. The Bertz CT molecular complexity index is 1160. The fraction of sp³-hybridized carbons (Fsp3) is 0.250. The Morgan fingerprint density at radius 2 is 1.90 bits per heavy atom. The van der Waals surface area contributed by atoms with Gasteiger partial charge in [-0.25, -0.2) is 14.2 Å². The van der Waals surface area contributed by atoms with Crippen LogP contribution < -0.4 is 5.32 Å². The normalized spacial score (nSPS) is 13.7. The minimum atomic E-state index is -5.00. The summed E-state index contributed by atoms with van der Waals surface area (Å²) in [6.45, 7) is 9.48. The second-order valence-electron chi connectivity index (χ2n) is 6.98. The molecule has 6 nitrogen and oxygen atoms in total. The molecule has 1 aromatic heterocycles. The molecule has 10 heteroatoms. The van der Waals surface area contributed by atoms with E-state index in [1.54, 1.807) is 13.0 Å². The molecule has 0 aliphatic heterocycles. The van der Waals surface area contributed by atoms with E-state index in [0.717, 1.165) is 0 Å². The summed E-state index contributed by atoms with van der Waals surface area (Å²) >= 11 is 0. The molecule has 0 aliphatic carbocycles. The molecule has 1 amide bonds. The SMILES string of the molecule is [C-]#[N+]c1cc2c(cc1C)nc(NC(=O)CC(C)(O)C(F)(F)F)n2-c1ccc(F)cc1. The molecule has 0 spiro atoms. The Kier molecular flexibility index (Phi) is 5.26. The van der Waals surface area contributed by atoms with Crippen molar-refractivity contribution in [2.24, 2.45) is 0 Å².